The predicted octanol–water partition coefficient (Wildman–Crippen LogP) is 4.32. The second kappa shape index (κ2) is 9.56. The van der Waals surface area contributed by atoms with Crippen LogP contribution in [0, 0.1) is 5.82 Å². The number of rotatable bonds is 3. The minimum absolute atomic E-state index is 0.231. The number of amidine groups is 1. The number of alkyl carbamates (subject to hydrolysis) is 1. The zero-order valence-corrected chi connectivity index (χ0v) is 20.8. The van der Waals surface area contributed by atoms with Gasteiger partial charge in [-0.2, -0.15) is 0 Å². The Labute approximate surface area is 200 Å². The molecule has 2 heterocycles. The average molecular weight is 520 g/mol. The monoisotopic (exact) mass is 519 g/mol. The van der Waals surface area contributed by atoms with Crippen molar-refractivity contribution >= 4 is 39.5 Å². The summed E-state index contributed by atoms with van der Waals surface area (Å²) in [5.41, 5.74) is -0.726. The molecule has 2 N–H and O–H groups in total. The summed E-state index contributed by atoms with van der Waals surface area (Å²) in [6.07, 6.45) is 0.903. The van der Waals surface area contributed by atoms with E-state index in [2.05, 4.69) is 36.5 Å². The third-order valence-corrected chi connectivity index (χ3v) is 5.26. The number of anilines is 1. The number of ether oxygens (including phenoxy) is 1. The zero-order valence-electron chi connectivity index (χ0n) is 19.2. The number of hydrogen-bond donors (Lipinski definition) is 2. The summed E-state index contributed by atoms with van der Waals surface area (Å²) in [4.78, 5) is 35.4. The van der Waals surface area contributed by atoms with Crippen molar-refractivity contribution in [3.63, 3.8) is 0 Å². The quantitative estimate of drug-likeness (QED) is 0.629. The Morgan fingerprint density at radius 3 is 2.58 bits per heavy atom. The van der Waals surface area contributed by atoms with Crippen LogP contribution in [0.5, 0.6) is 0 Å². The molecule has 1 aliphatic rings. The number of carbonyl (C=O) groups is 2. The van der Waals surface area contributed by atoms with Gasteiger partial charge in [-0.05, 0) is 81.0 Å². The van der Waals surface area contributed by atoms with Crippen molar-refractivity contribution < 1.29 is 18.7 Å². The summed E-state index contributed by atoms with van der Waals surface area (Å²) >= 11 is 3.28. The van der Waals surface area contributed by atoms with Crippen LogP contribution in [-0.4, -0.2) is 53.5 Å². The average Bonchev–Trinajstić information content (AvgIpc) is 2.67. The van der Waals surface area contributed by atoms with Crippen molar-refractivity contribution in [2.45, 2.75) is 38.8 Å². The zero-order chi connectivity index (χ0) is 24.4. The van der Waals surface area contributed by atoms with Gasteiger partial charge in [0, 0.05) is 28.5 Å². The van der Waals surface area contributed by atoms with Crippen molar-refractivity contribution in [1.29, 1.82) is 0 Å². The maximum atomic E-state index is 14.9. The predicted molar refractivity (Wildman–Crippen MR) is 128 cm³/mol. The molecule has 3 rings (SSSR count). The van der Waals surface area contributed by atoms with Gasteiger partial charge in [-0.3, -0.25) is 20.0 Å². The number of pyridine rings is 1. The molecule has 0 aliphatic carbocycles. The highest BCUT2D eigenvalue weighted by Gasteiger charge is 2.35. The highest BCUT2D eigenvalue weighted by molar-refractivity contribution is 9.10. The molecular formula is C23H27BrFN5O3. The fourth-order valence-electron chi connectivity index (χ4n) is 3.56. The maximum absolute atomic E-state index is 14.9. The number of amides is 2. The molecule has 176 valence electrons. The van der Waals surface area contributed by atoms with Gasteiger partial charge in [0.2, 0.25) is 0 Å². The molecule has 2 amide bonds. The Bertz CT molecular complexity index is 1080. The molecule has 0 bridgehead atoms. The van der Waals surface area contributed by atoms with Gasteiger partial charge in [0.25, 0.3) is 5.91 Å². The molecule has 2 aromatic rings. The van der Waals surface area contributed by atoms with E-state index in [0.29, 0.717) is 30.2 Å². The Morgan fingerprint density at radius 1 is 1.21 bits per heavy atom. The van der Waals surface area contributed by atoms with Gasteiger partial charge >= 0.3 is 6.09 Å². The first kappa shape index (κ1) is 24.8. The van der Waals surface area contributed by atoms with Gasteiger partial charge in [-0.15, -0.1) is 0 Å². The number of likely N-dealkylation sites (N-methyl/N-ethyl adjacent to an activating group) is 1. The number of halogens is 2. The normalized spacial score (nSPS) is 18.9. The molecule has 1 aromatic heterocycles. The summed E-state index contributed by atoms with van der Waals surface area (Å²) < 4.78 is 21.0. The second-order valence-corrected chi connectivity index (χ2v) is 10.1. The van der Waals surface area contributed by atoms with Crippen LogP contribution in [0.4, 0.5) is 14.9 Å². The fourth-order valence-corrected chi connectivity index (χ4v) is 3.80. The van der Waals surface area contributed by atoms with Crippen molar-refractivity contribution in [1.82, 2.24) is 15.2 Å². The lowest BCUT2D eigenvalue weighted by molar-refractivity contribution is 0.0559. The third-order valence-electron chi connectivity index (χ3n) is 4.79. The van der Waals surface area contributed by atoms with Crippen molar-refractivity contribution in [2.75, 3.05) is 25.5 Å². The van der Waals surface area contributed by atoms with E-state index in [4.69, 9.17) is 4.74 Å². The SMILES string of the molecule is CN1CC(NC(=O)OC(C)(C)C)=NC(C)(c2cc(NC(=O)c3ccc(Br)cn3)ccc2F)C1. The summed E-state index contributed by atoms with van der Waals surface area (Å²) in [5, 5.41) is 5.41. The molecule has 1 atom stereocenters. The smallest absolute Gasteiger partial charge is 0.413 e. The molecule has 33 heavy (non-hydrogen) atoms. The standard InChI is InChI=1S/C23H27BrFN5O3/c1-22(2,3)33-21(32)28-19-12-30(5)13-23(4,29-19)16-10-15(7-8-17(16)25)27-20(31)18-9-6-14(24)11-26-18/h6-11H,12-13H2,1-5H3,(H,27,31)(H,28,29,32). The Kier molecular flexibility index (Phi) is 7.18. The molecule has 0 spiro atoms. The number of carbonyl (C=O) groups excluding carboxylic acids is 2. The van der Waals surface area contributed by atoms with E-state index < -0.39 is 29.0 Å². The summed E-state index contributed by atoms with van der Waals surface area (Å²) in [6, 6.07) is 7.62. The second-order valence-electron chi connectivity index (χ2n) is 9.14. The van der Waals surface area contributed by atoms with E-state index in [0.717, 1.165) is 4.47 Å². The summed E-state index contributed by atoms with van der Waals surface area (Å²) in [7, 11) is 1.85. The van der Waals surface area contributed by atoms with Crippen molar-refractivity contribution in [3.05, 3.63) is 58.1 Å². The molecule has 1 aromatic carbocycles. The largest absolute Gasteiger partial charge is 0.444 e. The highest BCUT2D eigenvalue weighted by atomic mass is 79.9. The minimum atomic E-state index is -1.00. The number of hydrogen-bond acceptors (Lipinski definition) is 6. The van der Waals surface area contributed by atoms with E-state index in [1.54, 1.807) is 45.9 Å². The Hall–Kier alpha value is -2.85. The highest BCUT2D eigenvalue weighted by Crippen LogP contribution is 2.33. The molecular weight excluding hydrogens is 493 g/mol. The topological polar surface area (TPSA) is 95.9 Å². The first-order chi connectivity index (χ1) is 15.3. The van der Waals surface area contributed by atoms with Crippen LogP contribution >= 0.6 is 15.9 Å². The van der Waals surface area contributed by atoms with Crippen LogP contribution in [0.2, 0.25) is 0 Å². The molecule has 1 unspecified atom stereocenters. The number of nitrogens with zero attached hydrogens (tertiary/aromatic N) is 3. The molecule has 8 nitrogen and oxygen atoms in total. The van der Waals surface area contributed by atoms with Crippen LogP contribution in [0.15, 0.2) is 46.0 Å². The number of aliphatic imine (C=N–C) groups is 1. The van der Waals surface area contributed by atoms with Crippen LogP contribution in [0.25, 0.3) is 0 Å². The van der Waals surface area contributed by atoms with E-state index >= 15 is 0 Å². The van der Waals surface area contributed by atoms with Crippen molar-refractivity contribution in [3.8, 4) is 0 Å². The number of aromatic nitrogens is 1. The van der Waals surface area contributed by atoms with Gasteiger partial charge in [-0.25, -0.2) is 14.2 Å². The van der Waals surface area contributed by atoms with Gasteiger partial charge in [0.1, 0.15) is 28.5 Å². The third kappa shape index (κ3) is 6.58. The Morgan fingerprint density at radius 2 is 1.94 bits per heavy atom. The lowest BCUT2D eigenvalue weighted by atomic mass is 9.89. The van der Waals surface area contributed by atoms with Gasteiger partial charge in [0.05, 0.1) is 6.54 Å². The minimum Gasteiger partial charge on any atom is -0.444 e. The van der Waals surface area contributed by atoms with E-state index in [-0.39, 0.29) is 5.69 Å². The molecule has 0 radical (unpaired) electrons. The molecule has 0 saturated heterocycles. The van der Waals surface area contributed by atoms with E-state index in [1.807, 2.05) is 11.9 Å². The molecule has 10 heteroatoms. The van der Waals surface area contributed by atoms with Gasteiger partial charge in [-0.1, -0.05) is 0 Å². The van der Waals surface area contributed by atoms with Crippen molar-refractivity contribution in [2.24, 2.45) is 4.99 Å². The van der Waals surface area contributed by atoms with Gasteiger partial charge < -0.3 is 10.1 Å². The van der Waals surface area contributed by atoms with E-state index in [1.165, 1.54) is 18.3 Å². The fraction of sp³-hybridized carbons (Fsp3) is 0.391. The maximum Gasteiger partial charge on any atom is 0.413 e. The van der Waals surface area contributed by atoms with Crippen LogP contribution in [-0.2, 0) is 10.3 Å². The number of nitrogens with one attached hydrogen (secondary N) is 2. The molecule has 1 aliphatic heterocycles. The van der Waals surface area contributed by atoms with Gasteiger partial charge in [0.15, 0.2) is 0 Å². The number of benzene rings is 1. The lowest BCUT2D eigenvalue weighted by Crippen LogP contribution is -2.50. The van der Waals surface area contributed by atoms with Crippen LogP contribution < -0.4 is 10.6 Å². The summed E-state index contributed by atoms with van der Waals surface area (Å²) in [6.45, 7) is 7.87. The molecule has 0 saturated carbocycles. The van der Waals surface area contributed by atoms with Crippen LogP contribution in [0.3, 0.4) is 0 Å². The molecule has 0 fully saturated rings. The van der Waals surface area contributed by atoms with Crippen LogP contribution in [0.1, 0.15) is 43.7 Å². The lowest BCUT2D eigenvalue weighted by Gasteiger charge is -2.37. The Balaban J connectivity index is 1.86. The van der Waals surface area contributed by atoms with E-state index in [9.17, 15) is 14.0 Å². The summed E-state index contributed by atoms with van der Waals surface area (Å²) in [5.74, 6) is -0.511. The first-order valence-corrected chi connectivity index (χ1v) is 11.1. The first-order valence-electron chi connectivity index (χ1n) is 10.3.